The van der Waals surface area contributed by atoms with Gasteiger partial charge in [0.2, 0.25) is 0 Å². The highest BCUT2D eigenvalue weighted by molar-refractivity contribution is 4.95. The molecule has 0 bridgehead atoms. The average Bonchev–Trinajstić information content (AvgIpc) is 3.03. The van der Waals surface area contributed by atoms with E-state index in [0.29, 0.717) is 0 Å². The quantitative estimate of drug-likeness (QED) is 0.701. The molecule has 0 amide bonds. The van der Waals surface area contributed by atoms with E-state index in [2.05, 4.69) is 18.3 Å². The molecule has 2 rings (SSSR count). The van der Waals surface area contributed by atoms with Crippen molar-refractivity contribution < 1.29 is 0 Å². The Morgan fingerprint density at radius 3 is 2.21 bits per heavy atom. The normalized spacial score (nSPS) is 23.5. The number of nitrogens with one attached hydrogen (secondary N) is 1. The van der Waals surface area contributed by atoms with Crippen LogP contribution < -0.4 is 5.32 Å². The highest BCUT2D eigenvalue weighted by atomic mass is 14.9. The average molecular weight is 192 g/mol. The summed E-state index contributed by atoms with van der Waals surface area (Å²) in [6.45, 7) is 3.16. The number of nitriles is 1. The Kier molecular flexibility index (Phi) is 3.08. The summed E-state index contributed by atoms with van der Waals surface area (Å²) in [5, 5.41) is 12.2. The van der Waals surface area contributed by atoms with Crippen molar-refractivity contribution in [1.29, 1.82) is 5.26 Å². The molecule has 1 atom stereocenters. The van der Waals surface area contributed by atoms with E-state index >= 15 is 0 Å². The van der Waals surface area contributed by atoms with Crippen LogP contribution in [-0.2, 0) is 0 Å². The minimum atomic E-state index is 0.0787. The first-order valence-electron chi connectivity index (χ1n) is 5.98. The summed E-state index contributed by atoms with van der Waals surface area (Å²) in [7, 11) is 0. The van der Waals surface area contributed by atoms with Gasteiger partial charge in [0.15, 0.2) is 0 Å². The highest BCUT2D eigenvalue weighted by Crippen LogP contribution is 2.48. The van der Waals surface area contributed by atoms with E-state index < -0.39 is 0 Å². The number of hydrogen-bond donors (Lipinski definition) is 1. The molecule has 2 fully saturated rings. The Morgan fingerprint density at radius 1 is 1.29 bits per heavy atom. The molecule has 2 heteroatoms. The lowest BCUT2D eigenvalue weighted by Gasteiger charge is -2.18. The molecule has 2 nitrogen and oxygen atoms in total. The predicted octanol–water partition coefficient (Wildman–Crippen LogP) is 2.31. The van der Waals surface area contributed by atoms with Gasteiger partial charge in [0.1, 0.15) is 0 Å². The van der Waals surface area contributed by atoms with E-state index in [1.54, 1.807) is 0 Å². The van der Waals surface area contributed by atoms with Crippen LogP contribution in [0, 0.1) is 29.1 Å². The third-order valence-electron chi connectivity index (χ3n) is 3.62. The summed E-state index contributed by atoms with van der Waals surface area (Å²) in [5.74, 6) is 2.87. The zero-order valence-electron chi connectivity index (χ0n) is 9.00. The van der Waals surface area contributed by atoms with Crippen LogP contribution in [0.15, 0.2) is 0 Å². The number of hydrogen-bond acceptors (Lipinski definition) is 2. The van der Waals surface area contributed by atoms with E-state index in [0.717, 1.165) is 30.7 Å². The zero-order valence-corrected chi connectivity index (χ0v) is 9.00. The molecule has 2 aliphatic carbocycles. The summed E-state index contributed by atoms with van der Waals surface area (Å²) in [4.78, 5) is 0. The lowest BCUT2D eigenvalue weighted by molar-refractivity contribution is 0.367. The smallest absolute Gasteiger partial charge is 0.0950 e. The molecule has 2 saturated carbocycles. The number of nitrogens with zero attached hydrogens (tertiary/aromatic N) is 1. The first-order chi connectivity index (χ1) is 6.85. The minimum Gasteiger partial charge on any atom is -0.302 e. The zero-order chi connectivity index (χ0) is 9.97. The van der Waals surface area contributed by atoms with Gasteiger partial charge in [-0.05, 0) is 56.4 Å². The standard InChI is InChI=1S/C12H20N2/c1-2-11(7-13)14-8-12(9-3-4-9)10-5-6-10/h9-12,14H,2-6,8H2,1H3. The summed E-state index contributed by atoms with van der Waals surface area (Å²) in [5.41, 5.74) is 0. The topological polar surface area (TPSA) is 35.8 Å². The van der Waals surface area contributed by atoms with Crippen molar-refractivity contribution in [2.75, 3.05) is 6.54 Å². The van der Waals surface area contributed by atoms with E-state index in [4.69, 9.17) is 5.26 Å². The molecule has 0 aromatic carbocycles. The Balaban J connectivity index is 1.74. The summed E-state index contributed by atoms with van der Waals surface area (Å²) < 4.78 is 0. The fourth-order valence-corrected chi connectivity index (χ4v) is 2.33. The van der Waals surface area contributed by atoms with Gasteiger partial charge in [0.05, 0.1) is 12.1 Å². The molecule has 0 aromatic heterocycles. The highest BCUT2D eigenvalue weighted by Gasteiger charge is 2.41. The van der Waals surface area contributed by atoms with Crippen LogP contribution in [0.2, 0.25) is 0 Å². The van der Waals surface area contributed by atoms with Gasteiger partial charge >= 0.3 is 0 Å². The first-order valence-corrected chi connectivity index (χ1v) is 5.98. The molecule has 1 N–H and O–H groups in total. The van der Waals surface area contributed by atoms with Crippen molar-refractivity contribution in [2.45, 2.75) is 45.1 Å². The lowest BCUT2D eigenvalue weighted by atomic mass is 9.97. The van der Waals surface area contributed by atoms with Gasteiger partial charge in [-0.15, -0.1) is 0 Å². The van der Waals surface area contributed by atoms with Crippen molar-refractivity contribution in [3.05, 3.63) is 0 Å². The van der Waals surface area contributed by atoms with Crippen molar-refractivity contribution >= 4 is 0 Å². The summed E-state index contributed by atoms with van der Waals surface area (Å²) in [6, 6.07) is 2.39. The van der Waals surface area contributed by atoms with E-state index in [9.17, 15) is 0 Å². The fraction of sp³-hybridized carbons (Fsp3) is 0.917. The maximum Gasteiger partial charge on any atom is 0.0950 e. The molecule has 0 spiro atoms. The molecule has 78 valence electrons. The van der Waals surface area contributed by atoms with E-state index in [1.807, 2.05) is 0 Å². The van der Waals surface area contributed by atoms with Crippen LogP contribution in [0.1, 0.15) is 39.0 Å². The SMILES string of the molecule is CCC(C#N)NCC(C1CC1)C1CC1. The Morgan fingerprint density at radius 2 is 1.86 bits per heavy atom. The van der Waals surface area contributed by atoms with Gasteiger partial charge in [-0.2, -0.15) is 5.26 Å². The molecule has 2 aliphatic rings. The maximum atomic E-state index is 8.83. The Bertz CT molecular complexity index is 211. The molecule has 0 saturated heterocycles. The second-order valence-electron chi connectivity index (χ2n) is 4.84. The van der Waals surface area contributed by atoms with Crippen molar-refractivity contribution in [3.8, 4) is 6.07 Å². The van der Waals surface area contributed by atoms with Crippen LogP contribution >= 0.6 is 0 Å². The van der Waals surface area contributed by atoms with Gasteiger partial charge in [-0.25, -0.2) is 0 Å². The molecular weight excluding hydrogens is 172 g/mol. The van der Waals surface area contributed by atoms with E-state index in [1.165, 1.54) is 25.7 Å². The molecule has 0 heterocycles. The largest absolute Gasteiger partial charge is 0.302 e. The second-order valence-corrected chi connectivity index (χ2v) is 4.84. The molecule has 1 unspecified atom stereocenters. The molecule has 0 radical (unpaired) electrons. The minimum absolute atomic E-state index is 0.0787. The molecular formula is C12H20N2. The van der Waals surface area contributed by atoms with Gasteiger partial charge < -0.3 is 5.32 Å². The number of rotatable bonds is 6. The monoisotopic (exact) mass is 192 g/mol. The molecule has 0 aromatic rings. The van der Waals surface area contributed by atoms with Crippen LogP contribution in [-0.4, -0.2) is 12.6 Å². The lowest BCUT2D eigenvalue weighted by Crippen LogP contribution is -2.33. The van der Waals surface area contributed by atoms with Gasteiger partial charge in [-0.1, -0.05) is 6.92 Å². The third-order valence-corrected chi connectivity index (χ3v) is 3.62. The van der Waals surface area contributed by atoms with Gasteiger partial charge in [0, 0.05) is 0 Å². The fourth-order valence-electron chi connectivity index (χ4n) is 2.33. The first kappa shape index (κ1) is 9.98. The van der Waals surface area contributed by atoms with Crippen LogP contribution in [0.4, 0.5) is 0 Å². The van der Waals surface area contributed by atoms with Crippen LogP contribution in [0.5, 0.6) is 0 Å². The van der Waals surface area contributed by atoms with Gasteiger partial charge in [0.25, 0.3) is 0 Å². The van der Waals surface area contributed by atoms with Gasteiger partial charge in [-0.3, -0.25) is 0 Å². The molecule has 0 aliphatic heterocycles. The Hall–Kier alpha value is -0.550. The summed E-state index contributed by atoms with van der Waals surface area (Å²) >= 11 is 0. The van der Waals surface area contributed by atoms with Crippen molar-refractivity contribution in [2.24, 2.45) is 17.8 Å². The maximum absolute atomic E-state index is 8.83. The van der Waals surface area contributed by atoms with Crippen LogP contribution in [0.3, 0.4) is 0 Å². The summed E-state index contributed by atoms with van der Waals surface area (Å²) in [6.07, 6.45) is 6.68. The van der Waals surface area contributed by atoms with Crippen LogP contribution in [0.25, 0.3) is 0 Å². The Labute approximate surface area is 86.7 Å². The predicted molar refractivity (Wildman–Crippen MR) is 56.6 cm³/mol. The molecule has 14 heavy (non-hydrogen) atoms. The third kappa shape index (κ3) is 2.48. The van der Waals surface area contributed by atoms with Crippen molar-refractivity contribution in [1.82, 2.24) is 5.32 Å². The van der Waals surface area contributed by atoms with Crippen molar-refractivity contribution in [3.63, 3.8) is 0 Å². The second kappa shape index (κ2) is 4.31. The van der Waals surface area contributed by atoms with E-state index in [-0.39, 0.29) is 6.04 Å².